The quantitative estimate of drug-likeness (QED) is 0.318. The predicted octanol–water partition coefficient (Wildman–Crippen LogP) is 4.20. The fourth-order valence-electron chi connectivity index (χ4n) is 3.79. The zero-order valence-corrected chi connectivity index (χ0v) is 18.1. The van der Waals surface area contributed by atoms with Crippen LogP contribution in [0.5, 0.6) is 0 Å². The maximum atomic E-state index is 13.5. The summed E-state index contributed by atoms with van der Waals surface area (Å²) in [5.74, 6) is 4.68. The Morgan fingerprint density at radius 2 is 1.75 bits per heavy atom. The molecule has 2 amide bonds. The lowest BCUT2D eigenvalue weighted by molar-refractivity contribution is -0.137. The van der Waals surface area contributed by atoms with Crippen LogP contribution >= 0.6 is 0 Å². The number of amides is 2. The summed E-state index contributed by atoms with van der Waals surface area (Å²) in [6.07, 6.45) is -5.81. The molecule has 9 heteroatoms. The number of hydrazine groups is 1. The second kappa shape index (κ2) is 8.40. The van der Waals surface area contributed by atoms with Gasteiger partial charge in [-0.3, -0.25) is 19.5 Å². The minimum atomic E-state index is -4.60. The Balaban J connectivity index is 2.23. The van der Waals surface area contributed by atoms with Crippen molar-refractivity contribution in [3.05, 3.63) is 64.3 Å². The summed E-state index contributed by atoms with van der Waals surface area (Å²) in [4.78, 5) is 27.0. The van der Waals surface area contributed by atoms with Gasteiger partial charge in [-0.15, -0.1) is 0 Å². The Labute approximate surface area is 183 Å². The number of aliphatic hydroxyl groups excluding tert-OH is 1. The lowest BCUT2D eigenvalue weighted by Gasteiger charge is -2.21. The van der Waals surface area contributed by atoms with Gasteiger partial charge in [0.2, 0.25) is 5.91 Å². The predicted molar refractivity (Wildman–Crippen MR) is 114 cm³/mol. The Kier molecular flexibility index (Phi) is 6.17. The SMILES string of the molecule is C/C(=C1/C(=O)N(c2cc(C)cc(C)c2)c2cc(C(F)(F)F)ccc21)N(N)C(=O)CC(C)O. The van der Waals surface area contributed by atoms with Crippen LogP contribution in [0.1, 0.15) is 42.5 Å². The van der Waals surface area contributed by atoms with Gasteiger partial charge >= 0.3 is 6.18 Å². The first-order chi connectivity index (χ1) is 14.8. The van der Waals surface area contributed by atoms with Gasteiger partial charge in [-0.25, -0.2) is 5.84 Å². The fraction of sp³-hybridized carbons (Fsp3) is 0.304. The van der Waals surface area contributed by atoms with Crippen molar-refractivity contribution in [1.29, 1.82) is 0 Å². The van der Waals surface area contributed by atoms with Gasteiger partial charge in [-0.1, -0.05) is 12.1 Å². The number of carbonyl (C=O) groups excluding carboxylic acids is 2. The van der Waals surface area contributed by atoms with Crippen LogP contribution in [0.15, 0.2) is 42.1 Å². The zero-order valence-electron chi connectivity index (χ0n) is 18.1. The number of nitrogens with two attached hydrogens (primary N) is 1. The topological polar surface area (TPSA) is 86.9 Å². The van der Waals surface area contributed by atoms with Crippen molar-refractivity contribution in [3.8, 4) is 0 Å². The van der Waals surface area contributed by atoms with Crippen LogP contribution in [0.2, 0.25) is 0 Å². The standard InChI is InChI=1S/C23H24F3N3O3/c1-12-7-13(2)9-17(8-12)28-19-11-16(23(24,25)26)5-6-18(19)21(22(28)32)15(4)29(27)20(31)10-14(3)30/h5-9,11,14,30H,10,27H2,1-4H3/b21-15-. The van der Waals surface area contributed by atoms with Crippen molar-refractivity contribution in [2.75, 3.05) is 4.90 Å². The fourth-order valence-corrected chi connectivity index (χ4v) is 3.79. The normalized spacial score (nSPS) is 16.2. The maximum Gasteiger partial charge on any atom is 0.416 e. The number of anilines is 2. The van der Waals surface area contributed by atoms with Crippen molar-refractivity contribution in [2.45, 2.75) is 46.4 Å². The molecule has 3 N–H and O–H groups in total. The molecule has 1 atom stereocenters. The summed E-state index contributed by atoms with van der Waals surface area (Å²) < 4.78 is 40.2. The summed E-state index contributed by atoms with van der Waals surface area (Å²) in [7, 11) is 0. The van der Waals surface area contributed by atoms with E-state index >= 15 is 0 Å². The molecule has 0 aliphatic carbocycles. The molecular formula is C23H24F3N3O3. The summed E-state index contributed by atoms with van der Waals surface area (Å²) in [6, 6.07) is 8.31. The summed E-state index contributed by atoms with van der Waals surface area (Å²) in [5.41, 5.74) is 1.58. The van der Waals surface area contributed by atoms with Crippen molar-refractivity contribution in [2.24, 2.45) is 5.84 Å². The minimum absolute atomic E-state index is 0.0225. The number of aryl methyl sites for hydroxylation is 2. The third-order valence-corrected chi connectivity index (χ3v) is 5.18. The third kappa shape index (κ3) is 4.39. The number of rotatable bonds is 4. The van der Waals surface area contributed by atoms with E-state index in [1.165, 1.54) is 24.8 Å². The van der Waals surface area contributed by atoms with Crippen LogP contribution in [0, 0.1) is 13.8 Å². The number of hydrogen-bond acceptors (Lipinski definition) is 4. The van der Waals surface area contributed by atoms with E-state index in [2.05, 4.69) is 0 Å². The number of nitrogens with zero attached hydrogens (tertiary/aromatic N) is 2. The number of fused-ring (bicyclic) bond motifs is 1. The number of halogens is 3. The van der Waals surface area contributed by atoms with E-state index in [4.69, 9.17) is 5.84 Å². The molecule has 0 saturated heterocycles. The van der Waals surface area contributed by atoms with Gasteiger partial charge in [0.25, 0.3) is 5.91 Å². The van der Waals surface area contributed by atoms with Gasteiger partial charge in [0.1, 0.15) is 0 Å². The van der Waals surface area contributed by atoms with E-state index in [0.29, 0.717) is 5.69 Å². The van der Waals surface area contributed by atoms with Gasteiger partial charge in [-0.2, -0.15) is 13.2 Å². The molecule has 1 heterocycles. The van der Waals surface area contributed by atoms with Gasteiger partial charge in [0.15, 0.2) is 0 Å². The minimum Gasteiger partial charge on any atom is -0.393 e. The Bertz CT molecular complexity index is 1100. The second-order valence-corrected chi connectivity index (χ2v) is 7.99. The Morgan fingerprint density at radius 3 is 2.28 bits per heavy atom. The lowest BCUT2D eigenvalue weighted by Crippen LogP contribution is -2.38. The highest BCUT2D eigenvalue weighted by Crippen LogP contribution is 2.45. The molecule has 1 aliphatic rings. The number of allylic oxidation sites excluding steroid dienone is 1. The molecular weight excluding hydrogens is 423 g/mol. The van der Waals surface area contributed by atoms with Crippen LogP contribution < -0.4 is 10.7 Å². The van der Waals surface area contributed by atoms with Crippen LogP contribution in [-0.4, -0.2) is 28.0 Å². The third-order valence-electron chi connectivity index (χ3n) is 5.18. The molecule has 2 aromatic carbocycles. The number of hydrogen-bond donors (Lipinski definition) is 2. The largest absolute Gasteiger partial charge is 0.416 e. The van der Waals surface area contributed by atoms with Crippen LogP contribution in [0.3, 0.4) is 0 Å². The lowest BCUT2D eigenvalue weighted by atomic mass is 10.0. The Morgan fingerprint density at radius 1 is 1.16 bits per heavy atom. The highest BCUT2D eigenvalue weighted by molar-refractivity contribution is 6.35. The molecule has 0 fully saturated rings. The first-order valence-corrected chi connectivity index (χ1v) is 9.92. The Hall–Kier alpha value is -3.17. The van der Waals surface area contributed by atoms with Crippen LogP contribution in [0.25, 0.3) is 5.57 Å². The smallest absolute Gasteiger partial charge is 0.393 e. The average Bonchev–Trinajstić information content (AvgIpc) is 2.95. The molecule has 1 aliphatic heterocycles. The van der Waals surface area contributed by atoms with Crippen LogP contribution in [0.4, 0.5) is 24.5 Å². The number of carbonyl (C=O) groups is 2. The van der Waals surface area contributed by atoms with Crippen molar-refractivity contribution >= 4 is 28.8 Å². The van der Waals surface area contributed by atoms with Crippen molar-refractivity contribution in [1.82, 2.24) is 5.01 Å². The summed E-state index contributed by atoms with van der Waals surface area (Å²) in [6.45, 7) is 6.51. The van der Waals surface area contributed by atoms with E-state index in [1.807, 2.05) is 19.9 Å². The van der Waals surface area contributed by atoms with E-state index in [-0.39, 0.29) is 28.9 Å². The summed E-state index contributed by atoms with van der Waals surface area (Å²) >= 11 is 0. The summed E-state index contributed by atoms with van der Waals surface area (Å²) in [5, 5.41) is 10.2. The molecule has 32 heavy (non-hydrogen) atoms. The molecule has 1 unspecified atom stereocenters. The molecule has 0 aromatic heterocycles. The van der Waals surface area contributed by atoms with Gasteiger partial charge in [0.05, 0.1) is 29.3 Å². The van der Waals surface area contributed by atoms with E-state index < -0.39 is 29.7 Å². The molecule has 0 saturated carbocycles. The molecule has 2 aromatic rings. The van der Waals surface area contributed by atoms with Crippen molar-refractivity contribution < 1.29 is 27.9 Å². The van der Waals surface area contributed by atoms with Crippen molar-refractivity contribution in [3.63, 3.8) is 0 Å². The molecule has 6 nitrogen and oxygen atoms in total. The van der Waals surface area contributed by atoms with Gasteiger partial charge in [0, 0.05) is 16.9 Å². The molecule has 0 bridgehead atoms. The maximum absolute atomic E-state index is 13.5. The van der Waals surface area contributed by atoms with Crippen LogP contribution in [-0.2, 0) is 15.8 Å². The number of alkyl halides is 3. The first kappa shape index (κ1) is 23.5. The van der Waals surface area contributed by atoms with E-state index in [1.54, 1.807) is 12.1 Å². The monoisotopic (exact) mass is 447 g/mol. The number of benzene rings is 2. The molecule has 0 spiro atoms. The highest BCUT2D eigenvalue weighted by atomic mass is 19.4. The molecule has 3 rings (SSSR count). The van der Waals surface area contributed by atoms with Gasteiger partial charge in [-0.05, 0) is 63.1 Å². The first-order valence-electron chi connectivity index (χ1n) is 9.92. The van der Waals surface area contributed by atoms with E-state index in [9.17, 15) is 27.9 Å². The van der Waals surface area contributed by atoms with E-state index in [0.717, 1.165) is 28.3 Å². The molecule has 170 valence electrons. The zero-order chi connectivity index (χ0) is 24.0. The van der Waals surface area contributed by atoms with Gasteiger partial charge < -0.3 is 5.11 Å². The molecule has 0 radical (unpaired) electrons. The highest BCUT2D eigenvalue weighted by Gasteiger charge is 2.39. The average molecular weight is 447 g/mol. The second-order valence-electron chi connectivity index (χ2n) is 7.99. The number of aliphatic hydroxyl groups is 1.